The Balaban J connectivity index is 1.74. The van der Waals surface area contributed by atoms with E-state index in [0.29, 0.717) is 24.7 Å². The van der Waals surface area contributed by atoms with Crippen LogP contribution >= 0.6 is 0 Å². The van der Waals surface area contributed by atoms with Gasteiger partial charge in [-0.2, -0.15) is 0 Å². The first-order valence-electron chi connectivity index (χ1n) is 10.2. The maximum atomic E-state index is 10.6. The lowest BCUT2D eigenvalue weighted by molar-refractivity contribution is 0.0237. The molecule has 2 aromatic carbocycles. The molecule has 28 heavy (non-hydrogen) atoms. The van der Waals surface area contributed by atoms with Crippen LogP contribution < -0.4 is 15.2 Å². The van der Waals surface area contributed by atoms with Gasteiger partial charge in [0.1, 0.15) is 11.5 Å². The van der Waals surface area contributed by atoms with Gasteiger partial charge in [0.2, 0.25) is 0 Å². The molecule has 5 nitrogen and oxygen atoms in total. The Labute approximate surface area is 168 Å². The second kappa shape index (κ2) is 9.80. The van der Waals surface area contributed by atoms with Gasteiger partial charge in [0, 0.05) is 31.6 Å². The highest BCUT2D eigenvalue weighted by Gasteiger charge is 2.29. The van der Waals surface area contributed by atoms with Gasteiger partial charge in [-0.3, -0.25) is 4.90 Å². The van der Waals surface area contributed by atoms with E-state index in [-0.39, 0.29) is 12.0 Å². The molecule has 152 valence electrons. The highest BCUT2D eigenvalue weighted by atomic mass is 16.5. The first-order chi connectivity index (χ1) is 13.6. The van der Waals surface area contributed by atoms with Crippen LogP contribution in [0.15, 0.2) is 42.5 Å². The number of rotatable bonds is 8. The van der Waals surface area contributed by atoms with Crippen LogP contribution in [0, 0.1) is 5.92 Å². The van der Waals surface area contributed by atoms with Gasteiger partial charge in [-0.15, -0.1) is 0 Å². The molecule has 0 amide bonds. The fraction of sp³-hybridized carbons (Fsp3) is 0.478. The summed E-state index contributed by atoms with van der Waals surface area (Å²) >= 11 is 0. The normalized spacial score (nSPS) is 20.1. The number of ether oxygens (including phenoxy) is 2. The summed E-state index contributed by atoms with van der Waals surface area (Å²) in [5, 5.41) is 10.6. The molecule has 2 aromatic rings. The van der Waals surface area contributed by atoms with Crippen molar-refractivity contribution in [3.8, 4) is 11.5 Å². The third kappa shape index (κ3) is 5.18. The summed E-state index contributed by atoms with van der Waals surface area (Å²) in [6.07, 6.45) is 1.21. The maximum Gasteiger partial charge on any atom is 0.145 e. The van der Waals surface area contributed by atoms with Crippen molar-refractivity contribution in [3.63, 3.8) is 0 Å². The molecule has 3 N–H and O–H groups in total. The van der Waals surface area contributed by atoms with Crippen LogP contribution in [0.25, 0.3) is 0 Å². The average Bonchev–Trinajstić information content (AvgIpc) is 2.69. The van der Waals surface area contributed by atoms with E-state index in [4.69, 9.17) is 15.2 Å². The zero-order chi connectivity index (χ0) is 19.9. The molecular formula is C23H32N2O3. The van der Waals surface area contributed by atoms with Crippen molar-refractivity contribution in [3.05, 3.63) is 53.6 Å². The van der Waals surface area contributed by atoms with E-state index < -0.39 is 0 Å². The van der Waals surface area contributed by atoms with Crippen molar-refractivity contribution in [1.29, 1.82) is 0 Å². The summed E-state index contributed by atoms with van der Waals surface area (Å²) < 4.78 is 11.5. The lowest BCUT2D eigenvalue weighted by Gasteiger charge is -2.36. The summed E-state index contributed by atoms with van der Waals surface area (Å²) in [5.41, 5.74) is 9.14. The van der Waals surface area contributed by atoms with E-state index >= 15 is 0 Å². The van der Waals surface area contributed by atoms with E-state index in [1.54, 1.807) is 0 Å². The Morgan fingerprint density at radius 1 is 1.07 bits per heavy atom. The van der Waals surface area contributed by atoms with Crippen LogP contribution in [0.2, 0.25) is 0 Å². The number of nitrogens with zero attached hydrogens (tertiary/aromatic N) is 1. The number of benzene rings is 2. The van der Waals surface area contributed by atoms with E-state index in [1.165, 1.54) is 5.56 Å². The van der Waals surface area contributed by atoms with Crippen LogP contribution in [-0.4, -0.2) is 42.4 Å². The smallest absolute Gasteiger partial charge is 0.145 e. The molecule has 1 saturated heterocycles. The van der Waals surface area contributed by atoms with Crippen molar-refractivity contribution in [2.75, 3.05) is 32.0 Å². The molecule has 2 unspecified atom stereocenters. The number of piperidine rings is 1. The van der Waals surface area contributed by atoms with Gasteiger partial charge in [0.25, 0.3) is 0 Å². The number of aliphatic hydroxyl groups is 1. The minimum absolute atomic E-state index is 0.147. The standard InChI is InChI=1S/C23H32N2O3/c1-3-27-22-14-23(28-4-2)20(24)13-18(22)12-19-16-25(11-10-21(19)26)15-17-8-6-5-7-9-17/h5-9,13-14,19,21,26H,3-4,10-12,15-16,24H2,1-2H3. The monoisotopic (exact) mass is 384 g/mol. The van der Waals surface area contributed by atoms with Gasteiger partial charge >= 0.3 is 0 Å². The van der Waals surface area contributed by atoms with Gasteiger partial charge in [0.05, 0.1) is 25.0 Å². The first-order valence-corrected chi connectivity index (χ1v) is 10.2. The van der Waals surface area contributed by atoms with Gasteiger partial charge in [0.15, 0.2) is 0 Å². The van der Waals surface area contributed by atoms with Crippen molar-refractivity contribution in [1.82, 2.24) is 4.90 Å². The van der Waals surface area contributed by atoms with Crippen molar-refractivity contribution in [2.24, 2.45) is 5.92 Å². The molecule has 2 atom stereocenters. The number of hydrogen-bond donors (Lipinski definition) is 2. The van der Waals surface area contributed by atoms with E-state index in [2.05, 4.69) is 29.2 Å². The Kier molecular flexibility index (Phi) is 7.18. The van der Waals surface area contributed by atoms with Gasteiger partial charge in [-0.05, 0) is 43.9 Å². The van der Waals surface area contributed by atoms with Crippen LogP contribution in [-0.2, 0) is 13.0 Å². The number of likely N-dealkylation sites (tertiary alicyclic amines) is 1. The predicted molar refractivity (Wildman–Crippen MR) is 113 cm³/mol. The molecule has 0 bridgehead atoms. The zero-order valence-corrected chi connectivity index (χ0v) is 16.9. The van der Waals surface area contributed by atoms with Crippen molar-refractivity contribution < 1.29 is 14.6 Å². The van der Waals surface area contributed by atoms with Crippen LogP contribution in [0.5, 0.6) is 11.5 Å². The molecule has 0 aromatic heterocycles. The number of aliphatic hydroxyl groups excluding tert-OH is 1. The molecular weight excluding hydrogens is 352 g/mol. The molecule has 5 heteroatoms. The SMILES string of the molecule is CCOc1cc(OCC)c(CC2CN(Cc3ccccc3)CCC2O)cc1N. The van der Waals surface area contributed by atoms with Gasteiger partial charge in [-0.25, -0.2) is 0 Å². The van der Waals surface area contributed by atoms with E-state index in [9.17, 15) is 5.11 Å². The topological polar surface area (TPSA) is 68.0 Å². The second-order valence-corrected chi connectivity index (χ2v) is 7.40. The Morgan fingerprint density at radius 3 is 2.50 bits per heavy atom. The number of nitrogen functional groups attached to an aromatic ring is 1. The third-order valence-corrected chi connectivity index (χ3v) is 5.30. The number of anilines is 1. The van der Waals surface area contributed by atoms with Gasteiger partial charge in [-0.1, -0.05) is 30.3 Å². The highest BCUT2D eigenvalue weighted by Crippen LogP contribution is 2.34. The van der Waals surface area contributed by atoms with Crippen LogP contribution in [0.3, 0.4) is 0 Å². The summed E-state index contributed by atoms with van der Waals surface area (Å²) in [4.78, 5) is 2.42. The summed E-state index contributed by atoms with van der Waals surface area (Å²) in [5.74, 6) is 1.60. The molecule has 0 aliphatic carbocycles. The Morgan fingerprint density at radius 2 is 1.79 bits per heavy atom. The van der Waals surface area contributed by atoms with Gasteiger partial charge < -0.3 is 20.3 Å². The van der Waals surface area contributed by atoms with Crippen LogP contribution in [0.4, 0.5) is 5.69 Å². The second-order valence-electron chi connectivity index (χ2n) is 7.40. The minimum atomic E-state index is -0.311. The summed E-state index contributed by atoms with van der Waals surface area (Å²) in [7, 11) is 0. The zero-order valence-electron chi connectivity index (χ0n) is 16.9. The lowest BCUT2D eigenvalue weighted by atomic mass is 9.88. The van der Waals surface area contributed by atoms with Crippen molar-refractivity contribution >= 4 is 5.69 Å². The molecule has 0 saturated carbocycles. The molecule has 0 spiro atoms. The number of nitrogens with two attached hydrogens (primary N) is 1. The number of hydrogen-bond acceptors (Lipinski definition) is 5. The summed E-state index contributed by atoms with van der Waals surface area (Å²) in [6, 6.07) is 14.3. The lowest BCUT2D eigenvalue weighted by Crippen LogP contribution is -2.43. The molecule has 1 aliphatic heterocycles. The molecule has 1 aliphatic rings. The fourth-order valence-electron chi connectivity index (χ4n) is 3.92. The molecule has 0 radical (unpaired) electrons. The first kappa shape index (κ1) is 20.5. The molecule has 1 heterocycles. The average molecular weight is 385 g/mol. The van der Waals surface area contributed by atoms with E-state index in [1.807, 2.05) is 32.0 Å². The Bertz CT molecular complexity index is 751. The quantitative estimate of drug-likeness (QED) is 0.682. The predicted octanol–water partition coefficient (Wildman–Crippen LogP) is 3.49. The van der Waals surface area contributed by atoms with Crippen molar-refractivity contribution in [2.45, 2.75) is 39.3 Å². The fourth-order valence-corrected chi connectivity index (χ4v) is 3.92. The largest absolute Gasteiger partial charge is 0.493 e. The maximum absolute atomic E-state index is 10.6. The van der Waals surface area contributed by atoms with E-state index in [0.717, 1.165) is 43.8 Å². The molecule has 1 fully saturated rings. The minimum Gasteiger partial charge on any atom is -0.493 e. The van der Waals surface area contributed by atoms with Crippen LogP contribution in [0.1, 0.15) is 31.4 Å². The summed E-state index contributed by atoms with van der Waals surface area (Å²) in [6.45, 7) is 7.73. The highest BCUT2D eigenvalue weighted by molar-refractivity contribution is 5.59. The Hall–Kier alpha value is -2.24. The third-order valence-electron chi connectivity index (χ3n) is 5.30. The molecule has 3 rings (SSSR count).